The Bertz CT molecular complexity index is 734. The predicted molar refractivity (Wildman–Crippen MR) is 91.4 cm³/mol. The van der Waals surface area contributed by atoms with E-state index in [2.05, 4.69) is 35.1 Å². The number of hydrogen-bond donors (Lipinski definition) is 1. The number of nitriles is 1. The molecule has 2 heterocycles. The van der Waals surface area contributed by atoms with Gasteiger partial charge < -0.3 is 10.2 Å². The molecule has 1 aliphatic heterocycles. The minimum Gasteiger partial charge on any atom is -0.378 e. The van der Waals surface area contributed by atoms with Crippen molar-refractivity contribution in [3.63, 3.8) is 0 Å². The SMILES string of the molecule is CCc1ncc2c(n1)N(CC)CCC2Nc1cccc(C#N)c1. The van der Waals surface area contributed by atoms with Crippen LogP contribution in [0.25, 0.3) is 0 Å². The van der Waals surface area contributed by atoms with Crippen molar-refractivity contribution >= 4 is 11.5 Å². The molecule has 3 rings (SSSR count). The molecule has 5 nitrogen and oxygen atoms in total. The van der Waals surface area contributed by atoms with Crippen LogP contribution in [0.3, 0.4) is 0 Å². The summed E-state index contributed by atoms with van der Waals surface area (Å²) in [5.74, 6) is 1.92. The molecule has 0 amide bonds. The lowest BCUT2D eigenvalue weighted by Gasteiger charge is -2.34. The van der Waals surface area contributed by atoms with Gasteiger partial charge in [-0.15, -0.1) is 0 Å². The van der Waals surface area contributed by atoms with Gasteiger partial charge in [0.1, 0.15) is 11.6 Å². The fraction of sp³-hybridized carbons (Fsp3) is 0.389. The second kappa shape index (κ2) is 6.66. The molecule has 2 aromatic rings. The Morgan fingerprint density at radius 2 is 2.26 bits per heavy atom. The summed E-state index contributed by atoms with van der Waals surface area (Å²) < 4.78 is 0. The lowest BCUT2D eigenvalue weighted by molar-refractivity contribution is 0.612. The van der Waals surface area contributed by atoms with Crippen LogP contribution < -0.4 is 10.2 Å². The number of aryl methyl sites for hydroxylation is 1. The van der Waals surface area contributed by atoms with E-state index in [1.807, 2.05) is 30.5 Å². The quantitative estimate of drug-likeness (QED) is 0.939. The number of aromatic nitrogens is 2. The van der Waals surface area contributed by atoms with Crippen LogP contribution in [0.4, 0.5) is 11.5 Å². The monoisotopic (exact) mass is 307 g/mol. The van der Waals surface area contributed by atoms with Gasteiger partial charge in [-0.3, -0.25) is 0 Å². The third kappa shape index (κ3) is 3.11. The molecule has 0 saturated heterocycles. The van der Waals surface area contributed by atoms with E-state index < -0.39 is 0 Å². The third-order valence-corrected chi connectivity index (χ3v) is 4.24. The lowest BCUT2D eigenvalue weighted by Crippen LogP contribution is -2.34. The fourth-order valence-corrected chi connectivity index (χ4v) is 2.97. The summed E-state index contributed by atoms with van der Waals surface area (Å²) in [4.78, 5) is 11.5. The van der Waals surface area contributed by atoms with Crippen LogP contribution in [-0.4, -0.2) is 23.1 Å². The molecule has 1 atom stereocenters. The first-order valence-electron chi connectivity index (χ1n) is 8.12. The molecule has 1 unspecified atom stereocenters. The number of nitrogens with zero attached hydrogens (tertiary/aromatic N) is 4. The van der Waals surface area contributed by atoms with Gasteiger partial charge in [0.25, 0.3) is 0 Å². The zero-order valence-electron chi connectivity index (χ0n) is 13.6. The predicted octanol–water partition coefficient (Wildman–Crippen LogP) is 3.29. The van der Waals surface area contributed by atoms with Gasteiger partial charge in [0, 0.05) is 37.0 Å². The van der Waals surface area contributed by atoms with Crippen LogP contribution in [-0.2, 0) is 6.42 Å². The molecule has 0 bridgehead atoms. The topological polar surface area (TPSA) is 64.8 Å². The molecule has 1 N–H and O–H groups in total. The van der Waals surface area contributed by atoms with Gasteiger partial charge in [-0.25, -0.2) is 9.97 Å². The Balaban J connectivity index is 1.91. The van der Waals surface area contributed by atoms with Crippen molar-refractivity contribution in [1.82, 2.24) is 9.97 Å². The minimum atomic E-state index is 0.174. The zero-order chi connectivity index (χ0) is 16.2. The van der Waals surface area contributed by atoms with Crippen molar-refractivity contribution in [2.45, 2.75) is 32.7 Å². The summed E-state index contributed by atoms with van der Waals surface area (Å²) in [7, 11) is 0. The normalized spacial score (nSPS) is 16.6. The van der Waals surface area contributed by atoms with Crippen molar-refractivity contribution in [2.24, 2.45) is 0 Å². The Morgan fingerprint density at radius 1 is 1.39 bits per heavy atom. The zero-order valence-corrected chi connectivity index (χ0v) is 13.6. The van der Waals surface area contributed by atoms with Crippen LogP contribution in [0.15, 0.2) is 30.5 Å². The van der Waals surface area contributed by atoms with Gasteiger partial charge in [-0.05, 0) is 31.5 Å². The molecule has 0 radical (unpaired) electrons. The van der Waals surface area contributed by atoms with E-state index in [1.165, 1.54) is 0 Å². The second-order valence-corrected chi connectivity index (χ2v) is 5.68. The van der Waals surface area contributed by atoms with Crippen molar-refractivity contribution in [2.75, 3.05) is 23.3 Å². The van der Waals surface area contributed by atoms with Crippen molar-refractivity contribution in [3.8, 4) is 6.07 Å². The summed E-state index contributed by atoms with van der Waals surface area (Å²) in [5, 5.41) is 12.6. The van der Waals surface area contributed by atoms with Gasteiger partial charge in [0.2, 0.25) is 0 Å². The highest BCUT2D eigenvalue weighted by Gasteiger charge is 2.26. The first kappa shape index (κ1) is 15.3. The molecule has 118 valence electrons. The molecule has 23 heavy (non-hydrogen) atoms. The summed E-state index contributed by atoms with van der Waals surface area (Å²) in [6.07, 6.45) is 3.79. The van der Waals surface area contributed by atoms with Gasteiger partial charge >= 0.3 is 0 Å². The highest BCUT2D eigenvalue weighted by molar-refractivity contribution is 5.56. The van der Waals surface area contributed by atoms with E-state index in [0.29, 0.717) is 5.56 Å². The molecule has 0 spiro atoms. The van der Waals surface area contributed by atoms with E-state index in [-0.39, 0.29) is 6.04 Å². The second-order valence-electron chi connectivity index (χ2n) is 5.68. The third-order valence-electron chi connectivity index (χ3n) is 4.24. The Labute approximate surface area is 137 Å². The highest BCUT2D eigenvalue weighted by atomic mass is 15.2. The van der Waals surface area contributed by atoms with E-state index in [4.69, 9.17) is 10.2 Å². The molecule has 0 aliphatic carbocycles. The average Bonchev–Trinajstić information content (AvgIpc) is 2.61. The number of hydrogen-bond acceptors (Lipinski definition) is 5. The molecule has 0 fully saturated rings. The van der Waals surface area contributed by atoms with Crippen LogP contribution in [0.2, 0.25) is 0 Å². The minimum absolute atomic E-state index is 0.174. The molecule has 1 aromatic carbocycles. The summed E-state index contributed by atoms with van der Waals surface area (Å²) >= 11 is 0. The molecule has 0 saturated carbocycles. The highest BCUT2D eigenvalue weighted by Crippen LogP contribution is 2.34. The van der Waals surface area contributed by atoms with Gasteiger partial charge in [-0.2, -0.15) is 5.26 Å². The number of rotatable bonds is 4. The molecule has 1 aromatic heterocycles. The van der Waals surface area contributed by atoms with E-state index in [1.54, 1.807) is 0 Å². The van der Waals surface area contributed by atoms with Crippen LogP contribution >= 0.6 is 0 Å². The summed E-state index contributed by atoms with van der Waals surface area (Å²) in [6, 6.07) is 9.95. The van der Waals surface area contributed by atoms with Crippen molar-refractivity contribution in [3.05, 3.63) is 47.4 Å². The maximum absolute atomic E-state index is 9.05. The number of fused-ring (bicyclic) bond motifs is 1. The lowest BCUT2D eigenvalue weighted by atomic mass is 10.00. The molecule has 1 aliphatic rings. The van der Waals surface area contributed by atoms with E-state index in [9.17, 15) is 0 Å². The fourth-order valence-electron chi connectivity index (χ4n) is 2.97. The largest absolute Gasteiger partial charge is 0.378 e. The van der Waals surface area contributed by atoms with E-state index >= 15 is 0 Å². The first-order valence-corrected chi connectivity index (χ1v) is 8.12. The molecular weight excluding hydrogens is 286 g/mol. The van der Waals surface area contributed by atoms with Gasteiger partial charge in [-0.1, -0.05) is 13.0 Å². The number of nitrogens with one attached hydrogen (secondary N) is 1. The smallest absolute Gasteiger partial charge is 0.137 e. The Kier molecular flexibility index (Phi) is 4.42. The standard InChI is InChI=1S/C18H21N5/c1-3-17-20-12-15-16(8-9-23(4-2)18(15)22-17)21-14-7-5-6-13(10-14)11-19/h5-7,10,12,16,21H,3-4,8-9H2,1-2H3. The van der Waals surface area contributed by atoms with Gasteiger partial charge in [0.05, 0.1) is 17.7 Å². The maximum Gasteiger partial charge on any atom is 0.137 e. The Hall–Kier alpha value is -2.61. The average molecular weight is 307 g/mol. The van der Waals surface area contributed by atoms with Gasteiger partial charge in [0.15, 0.2) is 0 Å². The summed E-state index contributed by atoms with van der Waals surface area (Å²) in [5.41, 5.74) is 2.76. The molecular formula is C18H21N5. The van der Waals surface area contributed by atoms with E-state index in [0.717, 1.165) is 48.8 Å². The van der Waals surface area contributed by atoms with Crippen LogP contribution in [0.1, 0.15) is 43.3 Å². The maximum atomic E-state index is 9.05. The molecule has 5 heteroatoms. The number of benzene rings is 1. The van der Waals surface area contributed by atoms with Crippen LogP contribution in [0.5, 0.6) is 0 Å². The first-order chi connectivity index (χ1) is 11.2. The van der Waals surface area contributed by atoms with Crippen LogP contribution in [0, 0.1) is 11.3 Å². The van der Waals surface area contributed by atoms with Crippen molar-refractivity contribution in [1.29, 1.82) is 5.26 Å². The number of anilines is 2. The van der Waals surface area contributed by atoms with Crippen molar-refractivity contribution < 1.29 is 0 Å². The summed E-state index contributed by atoms with van der Waals surface area (Å²) in [6.45, 7) is 6.15. The Morgan fingerprint density at radius 3 is 3.00 bits per heavy atom.